The van der Waals surface area contributed by atoms with E-state index in [-0.39, 0.29) is 6.71 Å². The molecule has 210 valence electrons. The Balaban J connectivity index is 1.10. The maximum Gasteiger partial charge on any atom is 0.250 e. The minimum atomic E-state index is 0.130. The molecule has 0 N–H and O–H groups in total. The van der Waals surface area contributed by atoms with Crippen molar-refractivity contribution in [2.24, 2.45) is 0 Å². The Labute approximate surface area is 262 Å². The Hall–Kier alpha value is -5.80. The van der Waals surface area contributed by atoms with Crippen molar-refractivity contribution in [3.8, 4) is 44.9 Å². The molecule has 0 saturated heterocycles. The van der Waals surface area contributed by atoms with Crippen molar-refractivity contribution in [1.29, 1.82) is 0 Å². The summed E-state index contributed by atoms with van der Waals surface area (Å²) in [6.07, 6.45) is 0. The Bertz CT molecular complexity index is 2370. The van der Waals surface area contributed by atoms with Crippen LogP contribution in [0.15, 0.2) is 168 Å². The van der Waals surface area contributed by atoms with E-state index in [1.54, 1.807) is 0 Å². The van der Waals surface area contributed by atoms with Gasteiger partial charge in [0, 0.05) is 16.3 Å². The highest BCUT2D eigenvalue weighted by Crippen LogP contribution is 2.37. The first kappa shape index (κ1) is 25.7. The van der Waals surface area contributed by atoms with Gasteiger partial charge in [0.15, 0.2) is 0 Å². The van der Waals surface area contributed by atoms with Crippen LogP contribution < -0.4 is 21.1 Å². The van der Waals surface area contributed by atoms with Gasteiger partial charge >= 0.3 is 0 Å². The summed E-state index contributed by atoms with van der Waals surface area (Å²) in [5.74, 6) is 1.83. The van der Waals surface area contributed by atoms with Crippen LogP contribution in [0.4, 0.5) is 0 Å². The van der Waals surface area contributed by atoms with Gasteiger partial charge < -0.3 is 9.15 Å². The van der Waals surface area contributed by atoms with E-state index in [0.717, 1.165) is 66.8 Å². The van der Waals surface area contributed by atoms with Crippen molar-refractivity contribution in [3.05, 3.63) is 164 Å². The third kappa shape index (κ3) is 4.36. The van der Waals surface area contributed by atoms with Crippen LogP contribution in [0.2, 0.25) is 0 Å². The van der Waals surface area contributed by atoms with Gasteiger partial charge in [0.1, 0.15) is 22.7 Å². The number of hydrogen-bond acceptors (Lipinski definition) is 2. The van der Waals surface area contributed by atoms with Crippen LogP contribution >= 0.6 is 0 Å². The standard InChI is InChI=1S/C42H27BO2/c1-2-15-33(16-3-1)43-37-20-5-7-22-40(37)44-41-27-31(23-24-38(41)43)29-12-8-11-28(25-29)30-13-9-14-32(26-30)34-18-10-19-36-35-17-4-6-21-39(35)45-42(34)36/h1-27H. The number of ether oxygens (including phenoxy) is 1. The van der Waals surface area contributed by atoms with Crippen molar-refractivity contribution in [2.75, 3.05) is 0 Å². The highest BCUT2D eigenvalue weighted by molar-refractivity contribution is 6.96. The predicted molar refractivity (Wildman–Crippen MR) is 188 cm³/mol. The van der Waals surface area contributed by atoms with Crippen LogP contribution in [0, 0.1) is 0 Å². The first-order valence-electron chi connectivity index (χ1n) is 15.4. The maximum absolute atomic E-state index is 6.52. The molecular weight excluding hydrogens is 547 g/mol. The fraction of sp³-hybridized carbons (Fsp3) is 0. The summed E-state index contributed by atoms with van der Waals surface area (Å²) in [4.78, 5) is 0. The fourth-order valence-corrected chi connectivity index (χ4v) is 6.86. The molecule has 1 aliphatic rings. The molecule has 0 saturated carbocycles. The Morgan fingerprint density at radius 1 is 0.400 bits per heavy atom. The maximum atomic E-state index is 6.52. The van der Waals surface area contributed by atoms with E-state index in [0.29, 0.717) is 0 Å². The predicted octanol–water partition coefficient (Wildman–Crippen LogP) is 9.21. The van der Waals surface area contributed by atoms with Gasteiger partial charge in [-0.05, 0) is 69.1 Å². The Morgan fingerprint density at radius 2 is 1.02 bits per heavy atom. The topological polar surface area (TPSA) is 22.4 Å². The molecule has 9 rings (SSSR count). The molecule has 0 bridgehead atoms. The van der Waals surface area contributed by atoms with Crippen molar-refractivity contribution in [3.63, 3.8) is 0 Å². The van der Waals surface area contributed by atoms with Crippen molar-refractivity contribution in [1.82, 2.24) is 0 Å². The van der Waals surface area contributed by atoms with Crippen LogP contribution in [0.5, 0.6) is 11.5 Å². The smallest absolute Gasteiger partial charge is 0.250 e. The average molecular weight is 574 g/mol. The highest BCUT2D eigenvalue weighted by Gasteiger charge is 2.32. The summed E-state index contributed by atoms with van der Waals surface area (Å²) in [5, 5.41) is 2.29. The summed E-state index contributed by atoms with van der Waals surface area (Å²) in [6.45, 7) is 0.130. The van der Waals surface area contributed by atoms with Crippen molar-refractivity contribution < 1.29 is 9.15 Å². The van der Waals surface area contributed by atoms with Gasteiger partial charge in [-0.3, -0.25) is 0 Å². The first-order chi connectivity index (χ1) is 22.3. The highest BCUT2D eigenvalue weighted by atomic mass is 16.5. The van der Waals surface area contributed by atoms with Gasteiger partial charge in [-0.15, -0.1) is 0 Å². The number of hydrogen-bond donors (Lipinski definition) is 0. The van der Waals surface area contributed by atoms with Gasteiger partial charge in [0.2, 0.25) is 0 Å². The molecule has 0 fully saturated rings. The van der Waals surface area contributed by atoms with Crippen molar-refractivity contribution in [2.45, 2.75) is 0 Å². The molecule has 0 aliphatic carbocycles. The molecule has 45 heavy (non-hydrogen) atoms. The second-order valence-corrected chi connectivity index (χ2v) is 11.7. The minimum absolute atomic E-state index is 0.130. The van der Waals surface area contributed by atoms with Gasteiger partial charge in [-0.25, -0.2) is 0 Å². The van der Waals surface area contributed by atoms with E-state index in [1.807, 2.05) is 18.2 Å². The number of benzene rings is 7. The SMILES string of the molecule is c1ccc(B2c3ccccc3Oc3cc(-c4cccc(-c5cccc(-c6cccc7c6oc6ccccc67)c5)c4)ccc32)cc1. The lowest BCUT2D eigenvalue weighted by Crippen LogP contribution is -2.54. The van der Waals surface area contributed by atoms with Crippen LogP contribution in [0.25, 0.3) is 55.3 Å². The molecule has 0 radical (unpaired) electrons. The molecular formula is C42H27BO2. The third-order valence-electron chi connectivity index (χ3n) is 9.01. The second kappa shape index (κ2) is 10.4. The average Bonchev–Trinajstić information content (AvgIpc) is 3.50. The number of furan rings is 1. The number of para-hydroxylation sites is 3. The molecule has 0 amide bonds. The molecule has 8 aromatic rings. The molecule has 1 aromatic heterocycles. The number of fused-ring (bicyclic) bond motifs is 5. The summed E-state index contributed by atoms with van der Waals surface area (Å²) in [6, 6.07) is 57.9. The molecule has 0 unspecified atom stereocenters. The largest absolute Gasteiger partial charge is 0.458 e. The molecule has 1 aliphatic heterocycles. The molecule has 2 heterocycles. The molecule has 2 nitrogen and oxygen atoms in total. The van der Waals surface area contributed by atoms with Gasteiger partial charge in [-0.1, -0.05) is 139 Å². The zero-order valence-corrected chi connectivity index (χ0v) is 24.5. The monoisotopic (exact) mass is 574 g/mol. The lowest BCUT2D eigenvalue weighted by atomic mass is 9.36. The van der Waals surface area contributed by atoms with Crippen LogP contribution in [0.1, 0.15) is 0 Å². The first-order valence-corrected chi connectivity index (χ1v) is 15.4. The van der Waals surface area contributed by atoms with Crippen LogP contribution in [-0.4, -0.2) is 6.71 Å². The van der Waals surface area contributed by atoms with Crippen molar-refractivity contribution >= 4 is 45.0 Å². The van der Waals surface area contributed by atoms with E-state index in [9.17, 15) is 0 Å². The molecule has 7 aromatic carbocycles. The zero-order valence-electron chi connectivity index (χ0n) is 24.5. The summed E-state index contributed by atoms with van der Waals surface area (Å²) < 4.78 is 12.9. The van der Waals surface area contributed by atoms with Gasteiger partial charge in [-0.2, -0.15) is 0 Å². The van der Waals surface area contributed by atoms with Crippen LogP contribution in [0.3, 0.4) is 0 Å². The summed E-state index contributed by atoms with van der Waals surface area (Å²) >= 11 is 0. The summed E-state index contributed by atoms with van der Waals surface area (Å²) in [5.41, 5.74) is 12.3. The third-order valence-corrected chi connectivity index (χ3v) is 9.01. The molecule has 0 spiro atoms. The Morgan fingerprint density at radius 3 is 1.87 bits per heavy atom. The van der Waals surface area contributed by atoms with Crippen LogP contribution in [-0.2, 0) is 0 Å². The summed E-state index contributed by atoms with van der Waals surface area (Å²) in [7, 11) is 0. The normalized spacial score (nSPS) is 12.1. The second-order valence-electron chi connectivity index (χ2n) is 11.7. The Kier molecular flexibility index (Phi) is 5.95. The van der Waals surface area contributed by atoms with E-state index in [4.69, 9.17) is 9.15 Å². The zero-order chi connectivity index (χ0) is 29.7. The quantitative estimate of drug-likeness (QED) is 0.196. The fourth-order valence-electron chi connectivity index (χ4n) is 6.86. The van der Waals surface area contributed by atoms with E-state index >= 15 is 0 Å². The van der Waals surface area contributed by atoms with E-state index < -0.39 is 0 Å². The minimum Gasteiger partial charge on any atom is -0.458 e. The molecule has 3 heteroatoms. The lowest BCUT2D eigenvalue weighted by Gasteiger charge is -2.27. The van der Waals surface area contributed by atoms with Gasteiger partial charge in [0.05, 0.1) is 0 Å². The number of rotatable bonds is 4. The lowest BCUT2D eigenvalue weighted by molar-refractivity contribution is 0.487. The van der Waals surface area contributed by atoms with Gasteiger partial charge in [0.25, 0.3) is 6.71 Å². The van der Waals surface area contributed by atoms with E-state index in [1.165, 1.54) is 16.4 Å². The van der Waals surface area contributed by atoms with E-state index in [2.05, 4.69) is 146 Å². The molecule has 0 atom stereocenters.